The zero-order valence-electron chi connectivity index (χ0n) is 17.4. The Bertz CT molecular complexity index is 1320. The van der Waals surface area contributed by atoms with Crippen molar-refractivity contribution in [1.29, 1.82) is 5.26 Å². The molecule has 0 aliphatic heterocycles. The van der Waals surface area contributed by atoms with Gasteiger partial charge < -0.3 is 5.32 Å². The minimum Gasteiger partial charge on any atom is -0.310 e. The van der Waals surface area contributed by atoms with Crippen molar-refractivity contribution >= 4 is 35.1 Å². The Balaban J connectivity index is 1.56. The molecule has 0 aliphatic carbocycles. The van der Waals surface area contributed by atoms with Crippen LogP contribution in [0.5, 0.6) is 0 Å². The lowest BCUT2D eigenvalue weighted by atomic mass is 10.2. The maximum absolute atomic E-state index is 12.8. The first-order valence-electron chi connectivity index (χ1n) is 9.75. The van der Waals surface area contributed by atoms with Crippen LogP contribution in [0.3, 0.4) is 0 Å². The number of nitriles is 1. The Labute approximate surface area is 194 Å². The number of benzene rings is 2. The molecular formula is C23H19ClN6OS. The van der Waals surface area contributed by atoms with Gasteiger partial charge in [0.15, 0.2) is 5.16 Å². The number of nitrogens with one attached hydrogen (secondary N) is 1. The van der Waals surface area contributed by atoms with Gasteiger partial charge in [-0.15, -0.1) is 10.2 Å². The van der Waals surface area contributed by atoms with Gasteiger partial charge in [-0.3, -0.25) is 13.9 Å². The molecule has 7 nitrogen and oxygen atoms in total. The van der Waals surface area contributed by atoms with Gasteiger partial charge in [0.1, 0.15) is 18.2 Å². The molecule has 32 heavy (non-hydrogen) atoms. The summed E-state index contributed by atoms with van der Waals surface area (Å²) in [6.07, 6.45) is 1.58. The van der Waals surface area contributed by atoms with E-state index in [1.165, 1.54) is 11.8 Å². The number of carbonyl (C=O) groups is 1. The normalized spacial score (nSPS) is 10.7. The Hall–Kier alpha value is -3.54. The molecule has 4 aromatic rings. The lowest BCUT2D eigenvalue weighted by Gasteiger charge is -2.13. The second kappa shape index (κ2) is 9.30. The van der Waals surface area contributed by atoms with E-state index in [0.29, 0.717) is 21.6 Å². The molecule has 0 saturated heterocycles. The fourth-order valence-electron chi connectivity index (χ4n) is 3.38. The Morgan fingerprint density at radius 3 is 2.62 bits per heavy atom. The number of anilines is 1. The second-order valence-corrected chi connectivity index (χ2v) is 8.40. The molecule has 2 heterocycles. The van der Waals surface area contributed by atoms with Gasteiger partial charge in [0.2, 0.25) is 5.91 Å². The summed E-state index contributed by atoms with van der Waals surface area (Å²) in [7, 11) is 0. The molecule has 4 rings (SSSR count). The predicted octanol–water partition coefficient (Wildman–Crippen LogP) is 4.93. The smallest absolute Gasteiger partial charge is 0.236 e. The van der Waals surface area contributed by atoms with Gasteiger partial charge in [0, 0.05) is 16.4 Å². The molecule has 0 spiro atoms. The van der Waals surface area contributed by atoms with Crippen LogP contribution in [0.25, 0.3) is 11.4 Å². The van der Waals surface area contributed by atoms with Crippen LogP contribution in [0.1, 0.15) is 16.8 Å². The van der Waals surface area contributed by atoms with E-state index in [1.807, 2.05) is 60.9 Å². The number of rotatable bonds is 6. The van der Waals surface area contributed by atoms with Crippen LogP contribution in [-0.4, -0.2) is 31.0 Å². The highest BCUT2D eigenvalue weighted by molar-refractivity contribution is 7.99. The fourth-order valence-corrected chi connectivity index (χ4v) is 4.30. The number of hydrogen-bond donors (Lipinski definition) is 1. The van der Waals surface area contributed by atoms with Crippen LogP contribution in [0.2, 0.25) is 5.02 Å². The van der Waals surface area contributed by atoms with E-state index in [-0.39, 0.29) is 11.7 Å². The van der Waals surface area contributed by atoms with E-state index >= 15 is 0 Å². The standard InChI is InChI=1S/C23H19ClN6OS/c1-15-16(2)30(18-8-4-3-5-9-18)22(20(15)12-25)27-21(31)13-32-23-28-26-14-29(23)19-10-6-7-17(24)11-19/h3-11,14H,13H2,1-2H3,(H,27,31). The van der Waals surface area contributed by atoms with Crippen molar-refractivity contribution in [2.45, 2.75) is 19.0 Å². The van der Waals surface area contributed by atoms with Crippen molar-refractivity contribution in [2.24, 2.45) is 0 Å². The van der Waals surface area contributed by atoms with Gasteiger partial charge in [-0.2, -0.15) is 5.26 Å². The number of para-hydroxylation sites is 1. The van der Waals surface area contributed by atoms with E-state index in [2.05, 4.69) is 21.6 Å². The van der Waals surface area contributed by atoms with Crippen molar-refractivity contribution in [3.05, 3.63) is 82.8 Å². The first kappa shape index (κ1) is 21.7. The van der Waals surface area contributed by atoms with Crippen LogP contribution in [0.4, 0.5) is 5.82 Å². The number of hydrogen-bond acceptors (Lipinski definition) is 5. The molecule has 0 unspecified atom stereocenters. The van der Waals surface area contributed by atoms with Crippen LogP contribution in [0, 0.1) is 25.2 Å². The molecule has 9 heteroatoms. The lowest BCUT2D eigenvalue weighted by molar-refractivity contribution is -0.113. The number of nitrogens with zero attached hydrogens (tertiary/aromatic N) is 5. The van der Waals surface area contributed by atoms with Gasteiger partial charge in [0.25, 0.3) is 0 Å². The zero-order chi connectivity index (χ0) is 22.7. The Kier molecular flexibility index (Phi) is 6.30. The molecule has 0 atom stereocenters. The second-order valence-electron chi connectivity index (χ2n) is 7.02. The summed E-state index contributed by atoms with van der Waals surface area (Å²) in [4.78, 5) is 12.8. The number of aromatic nitrogens is 4. The molecule has 1 amide bonds. The van der Waals surface area contributed by atoms with Crippen LogP contribution < -0.4 is 5.32 Å². The van der Waals surface area contributed by atoms with Gasteiger partial charge in [-0.1, -0.05) is 47.6 Å². The summed E-state index contributed by atoms with van der Waals surface area (Å²) in [5.74, 6) is 0.319. The molecule has 0 radical (unpaired) electrons. The van der Waals surface area contributed by atoms with Gasteiger partial charge in [-0.25, -0.2) is 0 Å². The minimum atomic E-state index is -0.248. The summed E-state index contributed by atoms with van der Waals surface area (Å²) in [6.45, 7) is 3.81. The first-order valence-corrected chi connectivity index (χ1v) is 11.1. The van der Waals surface area contributed by atoms with Crippen LogP contribution >= 0.6 is 23.4 Å². The number of carbonyl (C=O) groups excluding carboxylic acids is 1. The van der Waals surface area contributed by atoms with Crippen molar-refractivity contribution in [3.63, 3.8) is 0 Å². The maximum Gasteiger partial charge on any atom is 0.236 e. The van der Waals surface area contributed by atoms with Crippen molar-refractivity contribution < 1.29 is 4.79 Å². The largest absolute Gasteiger partial charge is 0.310 e. The maximum atomic E-state index is 12.8. The fraction of sp³-hybridized carbons (Fsp3) is 0.130. The van der Waals surface area contributed by atoms with Gasteiger partial charge in [0.05, 0.1) is 17.0 Å². The zero-order valence-corrected chi connectivity index (χ0v) is 19.0. The topological polar surface area (TPSA) is 88.5 Å². The molecule has 2 aromatic heterocycles. The molecule has 0 saturated carbocycles. The summed E-state index contributed by atoms with van der Waals surface area (Å²) >= 11 is 7.34. The molecule has 160 valence electrons. The number of halogens is 1. The summed E-state index contributed by atoms with van der Waals surface area (Å²) in [5.41, 5.74) is 3.86. The Morgan fingerprint density at radius 2 is 1.91 bits per heavy atom. The summed E-state index contributed by atoms with van der Waals surface area (Å²) < 4.78 is 3.66. The highest BCUT2D eigenvalue weighted by Gasteiger charge is 2.21. The summed E-state index contributed by atoms with van der Waals surface area (Å²) in [6, 6.07) is 19.2. The van der Waals surface area contributed by atoms with Gasteiger partial charge in [-0.05, 0) is 49.7 Å². The third kappa shape index (κ3) is 4.26. The quantitative estimate of drug-likeness (QED) is 0.410. The molecule has 0 aliphatic rings. The molecular weight excluding hydrogens is 444 g/mol. The monoisotopic (exact) mass is 462 g/mol. The van der Waals surface area contributed by atoms with E-state index in [9.17, 15) is 10.1 Å². The van der Waals surface area contributed by atoms with E-state index < -0.39 is 0 Å². The third-order valence-corrected chi connectivity index (χ3v) is 6.21. The van der Waals surface area contributed by atoms with Crippen molar-refractivity contribution in [2.75, 3.05) is 11.1 Å². The van der Waals surface area contributed by atoms with E-state index in [4.69, 9.17) is 11.6 Å². The molecule has 0 fully saturated rings. The van der Waals surface area contributed by atoms with E-state index in [1.54, 1.807) is 23.0 Å². The number of thioether (sulfide) groups is 1. The van der Waals surface area contributed by atoms with E-state index in [0.717, 1.165) is 22.6 Å². The molecule has 1 N–H and O–H groups in total. The predicted molar refractivity (Wildman–Crippen MR) is 126 cm³/mol. The van der Waals surface area contributed by atoms with Crippen LogP contribution in [-0.2, 0) is 4.79 Å². The lowest BCUT2D eigenvalue weighted by Crippen LogP contribution is -2.18. The Morgan fingerprint density at radius 1 is 1.16 bits per heavy atom. The molecule has 0 bridgehead atoms. The average molecular weight is 463 g/mol. The van der Waals surface area contributed by atoms with Crippen molar-refractivity contribution in [3.8, 4) is 17.4 Å². The third-order valence-electron chi connectivity index (χ3n) is 5.03. The van der Waals surface area contributed by atoms with Crippen LogP contribution in [0.15, 0.2) is 66.1 Å². The average Bonchev–Trinajstić information content (AvgIpc) is 3.35. The molecule has 2 aromatic carbocycles. The van der Waals surface area contributed by atoms with Crippen molar-refractivity contribution in [1.82, 2.24) is 19.3 Å². The minimum absolute atomic E-state index is 0.0994. The highest BCUT2D eigenvalue weighted by atomic mass is 35.5. The highest BCUT2D eigenvalue weighted by Crippen LogP contribution is 2.30. The number of amides is 1. The first-order chi connectivity index (χ1) is 15.5. The SMILES string of the molecule is Cc1c(C#N)c(NC(=O)CSc2nncn2-c2cccc(Cl)c2)n(-c2ccccc2)c1C. The van der Waals surface area contributed by atoms with Gasteiger partial charge >= 0.3 is 0 Å². The summed E-state index contributed by atoms with van der Waals surface area (Å²) in [5, 5.41) is 21.9.